The molecule has 2 aromatic carbocycles. The molecule has 1 N–H and O–H groups in total. The molecule has 11 nitrogen and oxygen atoms in total. The van der Waals surface area contributed by atoms with Gasteiger partial charge in [0.15, 0.2) is 0 Å². The molecule has 1 aliphatic rings. The molecular formula is C34H49N3O8. The second-order valence-corrected chi connectivity index (χ2v) is 10.8. The molecule has 0 spiro atoms. The summed E-state index contributed by atoms with van der Waals surface area (Å²) in [6, 6.07) is 18.4. The largest absolute Gasteiger partial charge is 0.434 e. The van der Waals surface area contributed by atoms with Crippen LogP contribution in [0.25, 0.3) is 0 Å². The molecule has 0 aliphatic carbocycles. The first-order valence-electron chi connectivity index (χ1n) is 16.0. The Kier molecular flexibility index (Phi) is 17.6. The molecule has 248 valence electrons. The number of nitrogens with zero attached hydrogens (tertiary/aromatic N) is 2. The molecule has 3 rings (SSSR count). The number of nitrogens with one attached hydrogen (secondary N) is 1. The minimum absolute atomic E-state index is 0.0512. The van der Waals surface area contributed by atoms with Crippen LogP contribution in [-0.2, 0) is 52.6 Å². The van der Waals surface area contributed by atoms with E-state index in [9.17, 15) is 14.4 Å². The minimum atomic E-state index is -0.646. The topological polar surface area (TPSA) is 116 Å². The average molecular weight is 628 g/mol. The van der Waals surface area contributed by atoms with E-state index in [0.717, 1.165) is 44.3 Å². The Bertz CT molecular complexity index is 1110. The Balaban J connectivity index is 1.18. The second kappa shape index (κ2) is 22.1. The SMILES string of the molecule is CCCOCCOCCOCCOCC(=O)N1CCN(C(=O)ONC(=O)Cc2ccc(CCCCc3ccccc3)cc2)CC1. The fraction of sp³-hybridized carbons (Fsp3) is 0.559. The first kappa shape index (κ1) is 36.0. The molecule has 1 aliphatic heterocycles. The van der Waals surface area contributed by atoms with Crippen molar-refractivity contribution in [1.82, 2.24) is 15.3 Å². The van der Waals surface area contributed by atoms with E-state index in [2.05, 4.69) is 36.7 Å². The van der Waals surface area contributed by atoms with Crippen molar-refractivity contribution < 1.29 is 38.2 Å². The van der Waals surface area contributed by atoms with Gasteiger partial charge in [-0.2, -0.15) is 5.48 Å². The third-order valence-electron chi connectivity index (χ3n) is 7.24. The molecule has 3 amide bonds. The standard InChI is InChI=1S/C34H49N3O8/c1-2-20-41-21-22-42-23-24-43-25-26-44-28-33(39)36-16-18-37(19-17-36)34(40)45-35-32(38)27-31-14-12-30(13-15-31)11-7-6-10-29-8-4-3-5-9-29/h3-5,8-9,12-15H,2,6-7,10-11,16-28H2,1H3,(H,35,38). The molecule has 0 radical (unpaired) electrons. The van der Waals surface area contributed by atoms with Gasteiger partial charge < -0.3 is 33.6 Å². The van der Waals surface area contributed by atoms with Crippen LogP contribution in [0.4, 0.5) is 4.79 Å². The van der Waals surface area contributed by atoms with E-state index in [4.69, 9.17) is 23.8 Å². The number of rotatable bonds is 20. The van der Waals surface area contributed by atoms with Gasteiger partial charge in [0.2, 0.25) is 5.91 Å². The number of carbonyl (C=O) groups excluding carboxylic acids is 3. The quantitative estimate of drug-likeness (QED) is 0.175. The molecule has 45 heavy (non-hydrogen) atoms. The molecule has 11 heteroatoms. The summed E-state index contributed by atoms with van der Waals surface area (Å²) >= 11 is 0. The minimum Gasteiger partial charge on any atom is -0.379 e. The summed E-state index contributed by atoms with van der Waals surface area (Å²) in [5.74, 6) is -0.552. The van der Waals surface area contributed by atoms with E-state index >= 15 is 0 Å². The van der Waals surface area contributed by atoms with E-state index in [0.29, 0.717) is 65.8 Å². The fourth-order valence-corrected chi connectivity index (χ4v) is 4.71. The van der Waals surface area contributed by atoms with Crippen LogP contribution in [0.5, 0.6) is 0 Å². The second-order valence-electron chi connectivity index (χ2n) is 10.8. The van der Waals surface area contributed by atoms with Gasteiger partial charge in [-0.15, -0.1) is 0 Å². The van der Waals surface area contributed by atoms with Gasteiger partial charge >= 0.3 is 6.09 Å². The summed E-state index contributed by atoms with van der Waals surface area (Å²) < 4.78 is 21.6. The van der Waals surface area contributed by atoms with Gasteiger partial charge in [-0.3, -0.25) is 9.59 Å². The van der Waals surface area contributed by atoms with Gasteiger partial charge in [-0.1, -0.05) is 61.5 Å². The number of hydroxylamine groups is 1. The lowest BCUT2D eigenvalue weighted by Crippen LogP contribution is -2.52. The number of piperazine rings is 1. The first-order valence-corrected chi connectivity index (χ1v) is 16.0. The summed E-state index contributed by atoms with van der Waals surface area (Å²) in [7, 11) is 0. The van der Waals surface area contributed by atoms with Crippen molar-refractivity contribution in [3.8, 4) is 0 Å². The highest BCUT2D eigenvalue weighted by Gasteiger charge is 2.25. The summed E-state index contributed by atoms with van der Waals surface area (Å²) in [4.78, 5) is 45.3. The molecule has 0 bridgehead atoms. The highest BCUT2D eigenvalue weighted by atomic mass is 16.7. The van der Waals surface area contributed by atoms with Crippen LogP contribution in [0.15, 0.2) is 54.6 Å². The van der Waals surface area contributed by atoms with E-state index in [1.807, 2.05) is 30.3 Å². The van der Waals surface area contributed by atoms with Crippen LogP contribution in [0.3, 0.4) is 0 Å². The molecule has 2 aromatic rings. The molecular weight excluding hydrogens is 578 g/mol. The van der Waals surface area contributed by atoms with Crippen LogP contribution in [-0.4, -0.2) is 107 Å². The zero-order valence-electron chi connectivity index (χ0n) is 26.6. The van der Waals surface area contributed by atoms with Gasteiger partial charge in [-0.25, -0.2) is 4.79 Å². The lowest BCUT2D eigenvalue weighted by Gasteiger charge is -2.33. The number of hydrogen-bond acceptors (Lipinski definition) is 8. The molecule has 1 heterocycles. The maximum absolute atomic E-state index is 12.4. The van der Waals surface area contributed by atoms with E-state index < -0.39 is 12.0 Å². The predicted octanol–water partition coefficient (Wildman–Crippen LogP) is 3.58. The smallest absolute Gasteiger partial charge is 0.379 e. The van der Waals surface area contributed by atoms with Crippen molar-refractivity contribution in [2.75, 3.05) is 79.0 Å². The Morgan fingerprint density at radius 2 is 1.16 bits per heavy atom. The highest BCUT2D eigenvalue weighted by Crippen LogP contribution is 2.11. The molecule has 1 fully saturated rings. The molecule has 1 saturated heterocycles. The van der Waals surface area contributed by atoms with Crippen LogP contribution >= 0.6 is 0 Å². The van der Waals surface area contributed by atoms with Crippen molar-refractivity contribution >= 4 is 17.9 Å². The number of aryl methyl sites for hydroxylation is 2. The maximum Gasteiger partial charge on any atom is 0.434 e. The molecule has 0 atom stereocenters. The number of hydrogen-bond donors (Lipinski definition) is 1. The van der Waals surface area contributed by atoms with Crippen molar-refractivity contribution in [1.29, 1.82) is 0 Å². The zero-order valence-corrected chi connectivity index (χ0v) is 26.6. The monoisotopic (exact) mass is 627 g/mol. The Labute approximate surface area is 267 Å². The predicted molar refractivity (Wildman–Crippen MR) is 170 cm³/mol. The Morgan fingerprint density at radius 1 is 0.644 bits per heavy atom. The number of benzene rings is 2. The maximum atomic E-state index is 12.4. The Hall–Kier alpha value is -3.51. The van der Waals surface area contributed by atoms with Crippen LogP contribution in [0.1, 0.15) is 42.9 Å². The number of amides is 3. The van der Waals surface area contributed by atoms with Crippen LogP contribution in [0, 0.1) is 0 Å². The third-order valence-corrected chi connectivity index (χ3v) is 7.24. The number of unbranched alkanes of at least 4 members (excludes halogenated alkanes) is 1. The summed E-state index contributed by atoms with van der Waals surface area (Å²) in [6.07, 6.45) is 4.75. The van der Waals surface area contributed by atoms with E-state index in [1.165, 1.54) is 16.0 Å². The first-order chi connectivity index (χ1) is 22.0. The lowest BCUT2D eigenvalue weighted by molar-refractivity contribution is -0.138. The lowest BCUT2D eigenvalue weighted by atomic mass is 10.0. The zero-order chi connectivity index (χ0) is 32.0. The highest BCUT2D eigenvalue weighted by molar-refractivity contribution is 5.80. The van der Waals surface area contributed by atoms with Gasteiger partial charge in [0.25, 0.3) is 5.91 Å². The molecule has 0 aromatic heterocycles. The third kappa shape index (κ3) is 15.4. The number of carbonyl (C=O) groups is 3. The van der Waals surface area contributed by atoms with Gasteiger partial charge in [0.05, 0.1) is 46.1 Å². The van der Waals surface area contributed by atoms with Crippen LogP contribution in [0.2, 0.25) is 0 Å². The molecule has 0 saturated carbocycles. The average Bonchev–Trinajstić information content (AvgIpc) is 3.07. The summed E-state index contributed by atoms with van der Waals surface area (Å²) in [5.41, 5.74) is 5.68. The van der Waals surface area contributed by atoms with Gasteiger partial charge in [-0.05, 0) is 48.8 Å². The number of ether oxygens (including phenoxy) is 4. The molecule has 0 unspecified atom stereocenters. The fourth-order valence-electron chi connectivity index (χ4n) is 4.71. The van der Waals surface area contributed by atoms with Gasteiger partial charge in [0, 0.05) is 32.8 Å². The normalized spacial score (nSPS) is 13.1. The van der Waals surface area contributed by atoms with Crippen molar-refractivity contribution in [3.05, 3.63) is 71.3 Å². The van der Waals surface area contributed by atoms with E-state index in [-0.39, 0.29) is 18.9 Å². The van der Waals surface area contributed by atoms with Crippen molar-refractivity contribution in [3.63, 3.8) is 0 Å². The summed E-state index contributed by atoms with van der Waals surface area (Å²) in [5, 5.41) is 0. The van der Waals surface area contributed by atoms with Crippen LogP contribution < -0.4 is 5.48 Å². The van der Waals surface area contributed by atoms with Crippen molar-refractivity contribution in [2.24, 2.45) is 0 Å². The van der Waals surface area contributed by atoms with Crippen molar-refractivity contribution in [2.45, 2.75) is 45.4 Å². The Morgan fingerprint density at radius 3 is 1.76 bits per heavy atom. The van der Waals surface area contributed by atoms with Gasteiger partial charge in [0.1, 0.15) is 6.61 Å². The van der Waals surface area contributed by atoms with E-state index in [1.54, 1.807) is 4.90 Å². The summed E-state index contributed by atoms with van der Waals surface area (Å²) in [6.45, 7) is 6.81.